The average Bonchev–Trinajstić information content (AvgIpc) is 2.54. The Balaban J connectivity index is 2.11. The number of hydrogen-bond acceptors (Lipinski definition) is 5. The SMILES string of the molecule is Cc1c(C(=O)Nc2ccc(OCC(=O)O)cc2)cccc1[N+](=O)[O-]. The predicted molar refractivity (Wildman–Crippen MR) is 85.4 cm³/mol. The van der Waals surface area contributed by atoms with Crippen molar-refractivity contribution in [3.63, 3.8) is 0 Å². The van der Waals surface area contributed by atoms with E-state index in [9.17, 15) is 19.7 Å². The van der Waals surface area contributed by atoms with E-state index in [-0.39, 0.29) is 16.8 Å². The molecule has 2 aromatic rings. The molecule has 124 valence electrons. The zero-order chi connectivity index (χ0) is 17.7. The fourth-order valence-electron chi connectivity index (χ4n) is 2.05. The van der Waals surface area contributed by atoms with Gasteiger partial charge < -0.3 is 15.2 Å². The van der Waals surface area contributed by atoms with Crippen molar-refractivity contribution < 1.29 is 24.4 Å². The van der Waals surface area contributed by atoms with E-state index in [1.165, 1.54) is 37.3 Å². The van der Waals surface area contributed by atoms with Crippen LogP contribution in [0.3, 0.4) is 0 Å². The Labute approximate surface area is 136 Å². The van der Waals surface area contributed by atoms with E-state index in [1.54, 1.807) is 12.1 Å². The second-order valence-corrected chi connectivity index (χ2v) is 4.87. The van der Waals surface area contributed by atoms with Crippen molar-refractivity contribution in [3.05, 3.63) is 63.7 Å². The van der Waals surface area contributed by atoms with Gasteiger partial charge in [-0.15, -0.1) is 0 Å². The molecule has 2 rings (SSSR count). The van der Waals surface area contributed by atoms with Gasteiger partial charge in [0.1, 0.15) is 5.75 Å². The highest BCUT2D eigenvalue weighted by Gasteiger charge is 2.17. The summed E-state index contributed by atoms with van der Waals surface area (Å²) in [4.78, 5) is 33.1. The van der Waals surface area contributed by atoms with Crippen LogP contribution < -0.4 is 10.1 Å². The molecule has 0 radical (unpaired) electrons. The van der Waals surface area contributed by atoms with Gasteiger partial charge in [0.2, 0.25) is 0 Å². The summed E-state index contributed by atoms with van der Waals surface area (Å²) >= 11 is 0. The number of ether oxygens (including phenoxy) is 1. The lowest BCUT2D eigenvalue weighted by Gasteiger charge is -2.09. The minimum absolute atomic E-state index is 0.125. The largest absolute Gasteiger partial charge is 0.482 e. The zero-order valence-corrected chi connectivity index (χ0v) is 12.7. The summed E-state index contributed by atoms with van der Waals surface area (Å²) in [6.45, 7) is 1.05. The third-order valence-corrected chi connectivity index (χ3v) is 3.22. The third-order valence-electron chi connectivity index (χ3n) is 3.22. The Morgan fingerprint density at radius 1 is 1.21 bits per heavy atom. The van der Waals surface area contributed by atoms with Crippen molar-refractivity contribution in [1.82, 2.24) is 0 Å². The van der Waals surface area contributed by atoms with E-state index >= 15 is 0 Å². The van der Waals surface area contributed by atoms with Crippen molar-refractivity contribution in [2.24, 2.45) is 0 Å². The summed E-state index contributed by atoms with van der Waals surface area (Å²) in [5.74, 6) is -1.22. The van der Waals surface area contributed by atoms with E-state index in [2.05, 4.69) is 5.32 Å². The Morgan fingerprint density at radius 3 is 2.46 bits per heavy atom. The number of carboxylic acid groups (broad SMARTS) is 1. The highest BCUT2D eigenvalue weighted by molar-refractivity contribution is 6.05. The Kier molecular flexibility index (Phi) is 5.10. The summed E-state index contributed by atoms with van der Waals surface area (Å²) < 4.78 is 4.99. The first-order chi connectivity index (χ1) is 11.4. The standard InChI is InChI=1S/C16H14N2O6/c1-10-13(3-2-4-14(10)18(22)23)16(21)17-11-5-7-12(8-6-11)24-9-15(19)20/h2-8H,9H2,1H3,(H,17,21)(H,19,20). The van der Waals surface area contributed by atoms with E-state index in [0.717, 1.165) is 0 Å². The van der Waals surface area contributed by atoms with Crippen LogP contribution in [-0.4, -0.2) is 28.5 Å². The first kappa shape index (κ1) is 16.9. The van der Waals surface area contributed by atoms with Gasteiger partial charge in [-0.3, -0.25) is 14.9 Å². The molecule has 2 aromatic carbocycles. The number of benzene rings is 2. The van der Waals surface area contributed by atoms with Gasteiger partial charge in [-0.2, -0.15) is 0 Å². The average molecular weight is 330 g/mol. The smallest absolute Gasteiger partial charge is 0.341 e. The molecular formula is C16H14N2O6. The first-order valence-corrected chi connectivity index (χ1v) is 6.88. The van der Waals surface area contributed by atoms with E-state index < -0.39 is 23.4 Å². The van der Waals surface area contributed by atoms with Gasteiger partial charge in [0, 0.05) is 22.9 Å². The molecule has 0 heterocycles. The van der Waals surface area contributed by atoms with Crippen LogP contribution >= 0.6 is 0 Å². The van der Waals surface area contributed by atoms with Gasteiger partial charge in [0.25, 0.3) is 11.6 Å². The van der Waals surface area contributed by atoms with E-state index in [0.29, 0.717) is 11.4 Å². The van der Waals surface area contributed by atoms with Gasteiger partial charge >= 0.3 is 5.97 Å². The lowest BCUT2D eigenvalue weighted by atomic mass is 10.1. The summed E-state index contributed by atoms with van der Waals surface area (Å²) in [5, 5.41) is 22.1. The predicted octanol–water partition coefficient (Wildman–Crippen LogP) is 2.62. The molecule has 0 aliphatic rings. The Morgan fingerprint density at radius 2 is 1.88 bits per heavy atom. The molecule has 0 bridgehead atoms. The van der Waals surface area contributed by atoms with Crippen LogP contribution in [0.15, 0.2) is 42.5 Å². The van der Waals surface area contributed by atoms with Gasteiger partial charge in [-0.25, -0.2) is 4.79 Å². The van der Waals surface area contributed by atoms with Crippen LogP contribution in [0.25, 0.3) is 0 Å². The summed E-state index contributed by atoms with van der Waals surface area (Å²) in [5.41, 5.74) is 0.811. The molecule has 0 aliphatic heterocycles. The molecule has 1 amide bonds. The molecule has 0 aliphatic carbocycles. The number of anilines is 1. The van der Waals surface area contributed by atoms with Crippen molar-refractivity contribution in [2.45, 2.75) is 6.92 Å². The minimum Gasteiger partial charge on any atom is -0.482 e. The lowest BCUT2D eigenvalue weighted by Crippen LogP contribution is -2.14. The van der Waals surface area contributed by atoms with Crippen molar-refractivity contribution in [2.75, 3.05) is 11.9 Å². The van der Waals surface area contributed by atoms with E-state index in [1.807, 2.05) is 0 Å². The maximum absolute atomic E-state index is 12.3. The molecule has 0 fully saturated rings. The first-order valence-electron chi connectivity index (χ1n) is 6.88. The monoisotopic (exact) mass is 330 g/mol. The number of carboxylic acids is 1. The van der Waals surface area contributed by atoms with E-state index in [4.69, 9.17) is 9.84 Å². The summed E-state index contributed by atoms with van der Waals surface area (Å²) in [7, 11) is 0. The molecule has 0 saturated heterocycles. The number of nitrogens with one attached hydrogen (secondary N) is 1. The maximum atomic E-state index is 12.3. The van der Waals surface area contributed by atoms with Crippen LogP contribution in [0.2, 0.25) is 0 Å². The zero-order valence-electron chi connectivity index (χ0n) is 12.7. The molecule has 0 aromatic heterocycles. The van der Waals surface area contributed by atoms with Crippen molar-refractivity contribution in [3.8, 4) is 5.75 Å². The maximum Gasteiger partial charge on any atom is 0.341 e. The van der Waals surface area contributed by atoms with Crippen LogP contribution in [0.1, 0.15) is 15.9 Å². The van der Waals surface area contributed by atoms with Crippen LogP contribution in [0.4, 0.5) is 11.4 Å². The number of hydrogen-bond donors (Lipinski definition) is 2. The summed E-state index contributed by atoms with van der Waals surface area (Å²) in [6.07, 6.45) is 0. The van der Waals surface area contributed by atoms with Crippen LogP contribution in [-0.2, 0) is 4.79 Å². The number of nitro groups is 1. The number of carbonyl (C=O) groups is 2. The Hall–Kier alpha value is -3.42. The minimum atomic E-state index is -1.09. The number of carbonyl (C=O) groups excluding carboxylic acids is 1. The highest BCUT2D eigenvalue weighted by Crippen LogP contribution is 2.22. The van der Waals surface area contributed by atoms with Crippen molar-refractivity contribution >= 4 is 23.3 Å². The van der Waals surface area contributed by atoms with Crippen LogP contribution in [0, 0.1) is 17.0 Å². The topological polar surface area (TPSA) is 119 Å². The number of amides is 1. The molecule has 24 heavy (non-hydrogen) atoms. The molecular weight excluding hydrogens is 316 g/mol. The lowest BCUT2D eigenvalue weighted by molar-refractivity contribution is -0.385. The fraction of sp³-hybridized carbons (Fsp3) is 0.125. The third kappa shape index (κ3) is 4.07. The normalized spacial score (nSPS) is 10.0. The Bertz CT molecular complexity index is 786. The number of nitrogens with zero attached hydrogens (tertiary/aromatic N) is 1. The molecule has 0 atom stereocenters. The number of aliphatic carboxylic acids is 1. The summed E-state index contributed by atoms with van der Waals surface area (Å²) in [6, 6.07) is 10.4. The van der Waals surface area contributed by atoms with Crippen LogP contribution in [0.5, 0.6) is 5.75 Å². The molecule has 0 unspecified atom stereocenters. The van der Waals surface area contributed by atoms with Crippen molar-refractivity contribution in [1.29, 1.82) is 0 Å². The number of rotatable bonds is 6. The second kappa shape index (κ2) is 7.23. The number of nitro benzene ring substituents is 1. The van der Waals surface area contributed by atoms with Gasteiger partial charge in [-0.05, 0) is 37.3 Å². The van der Waals surface area contributed by atoms with Gasteiger partial charge in [0.05, 0.1) is 4.92 Å². The molecule has 0 saturated carbocycles. The quantitative estimate of drug-likeness (QED) is 0.621. The molecule has 8 nitrogen and oxygen atoms in total. The second-order valence-electron chi connectivity index (χ2n) is 4.87. The highest BCUT2D eigenvalue weighted by atomic mass is 16.6. The van der Waals surface area contributed by atoms with Gasteiger partial charge in [-0.1, -0.05) is 6.07 Å². The fourth-order valence-corrected chi connectivity index (χ4v) is 2.05. The molecule has 0 spiro atoms. The molecule has 2 N–H and O–H groups in total. The molecule has 8 heteroatoms. The van der Waals surface area contributed by atoms with Gasteiger partial charge in [0.15, 0.2) is 6.61 Å².